The number of carbonyl (C=O) groups is 1. The lowest BCUT2D eigenvalue weighted by Crippen LogP contribution is -2.44. The Kier molecular flexibility index (Phi) is 4.82. The van der Waals surface area contributed by atoms with E-state index >= 15 is 0 Å². The van der Waals surface area contributed by atoms with Crippen LogP contribution in [0.5, 0.6) is 5.75 Å². The Balaban J connectivity index is 1.64. The van der Waals surface area contributed by atoms with Crippen molar-refractivity contribution in [2.45, 2.75) is 37.9 Å². The number of amides is 1. The van der Waals surface area contributed by atoms with Gasteiger partial charge in [-0.1, -0.05) is 25.1 Å². The van der Waals surface area contributed by atoms with Crippen molar-refractivity contribution in [1.29, 1.82) is 0 Å². The van der Waals surface area contributed by atoms with Crippen molar-refractivity contribution in [2.24, 2.45) is 7.05 Å². The van der Waals surface area contributed by atoms with Crippen molar-refractivity contribution in [3.8, 4) is 5.75 Å². The monoisotopic (exact) mass is 329 g/mol. The van der Waals surface area contributed by atoms with Gasteiger partial charge in [0, 0.05) is 18.8 Å². The fourth-order valence-electron chi connectivity index (χ4n) is 3.10. The second kappa shape index (κ2) is 7.02. The molecule has 2 heterocycles. The number of nitrogens with zero attached hydrogens (tertiary/aromatic N) is 2. The van der Waals surface area contributed by atoms with Crippen molar-refractivity contribution >= 4 is 5.91 Å². The van der Waals surface area contributed by atoms with Gasteiger partial charge in [-0.15, -0.1) is 0 Å². The molecule has 7 nitrogen and oxygen atoms in total. The second-order valence-corrected chi connectivity index (χ2v) is 6.04. The molecule has 1 aliphatic rings. The van der Waals surface area contributed by atoms with E-state index in [0.717, 1.165) is 17.7 Å². The van der Waals surface area contributed by atoms with Crippen LogP contribution in [0.3, 0.4) is 0 Å². The van der Waals surface area contributed by atoms with Gasteiger partial charge in [-0.3, -0.25) is 9.48 Å². The summed E-state index contributed by atoms with van der Waals surface area (Å²) in [4.78, 5) is 12.6. The van der Waals surface area contributed by atoms with Crippen LogP contribution in [0.25, 0.3) is 0 Å². The molecule has 0 saturated carbocycles. The maximum absolute atomic E-state index is 12.6. The molecule has 2 aromatic rings. The zero-order valence-electron chi connectivity index (χ0n) is 13.9. The lowest BCUT2D eigenvalue weighted by molar-refractivity contribution is -0.123. The van der Waals surface area contributed by atoms with E-state index in [-0.39, 0.29) is 29.8 Å². The predicted molar refractivity (Wildman–Crippen MR) is 89.9 cm³/mol. The van der Waals surface area contributed by atoms with Gasteiger partial charge in [0.05, 0.1) is 17.8 Å². The maximum atomic E-state index is 12.6. The molecule has 1 amide bonds. The molecule has 3 atom stereocenters. The quantitative estimate of drug-likeness (QED) is 0.664. The highest BCUT2D eigenvalue weighted by molar-refractivity contribution is 5.82. The molecule has 7 heteroatoms. The van der Waals surface area contributed by atoms with Crippen molar-refractivity contribution in [3.05, 3.63) is 47.8 Å². The number of aromatic nitrogens is 2. The van der Waals surface area contributed by atoms with Crippen LogP contribution < -0.4 is 16.2 Å². The topological polar surface area (TPSA) is 91.2 Å². The Morgan fingerprint density at radius 3 is 2.88 bits per heavy atom. The first kappa shape index (κ1) is 16.5. The summed E-state index contributed by atoms with van der Waals surface area (Å²) in [6.07, 6.45) is 3.09. The molecule has 0 aliphatic carbocycles. The van der Waals surface area contributed by atoms with Crippen LogP contribution in [-0.4, -0.2) is 26.8 Å². The fraction of sp³-hybridized carbons (Fsp3) is 0.412. The van der Waals surface area contributed by atoms with Crippen LogP contribution in [0.4, 0.5) is 0 Å². The Hall–Kier alpha value is -2.38. The van der Waals surface area contributed by atoms with Gasteiger partial charge < -0.3 is 10.4 Å². The summed E-state index contributed by atoms with van der Waals surface area (Å²) in [5, 5.41) is 17.2. The van der Waals surface area contributed by atoms with Gasteiger partial charge in [0.1, 0.15) is 11.8 Å². The molecule has 1 fully saturated rings. The van der Waals surface area contributed by atoms with E-state index in [1.807, 2.05) is 32.2 Å². The van der Waals surface area contributed by atoms with E-state index in [4.69, 9.17) is 0 Å². The lowest BCUT2D eigenvalue weighted by Gasteiger charge is -2.19. The average molecular weight is 329 g/mol. The van der Waals surface area contributed by atoms with Gasteiger partial charge in [0.15, 0.2) is 0 Å². The molecule has 128 valence electrons. The molecule has 1 aliphatic heterocycles. The summed E-state index contributed by atoms with van der Waals surface area (Å²) < 4.78 is 1.78. The minimum absolute atomic E-state index is 0.0616. The number of hydrazine groups is 1. The van der Waals surface area contributed by atoms with Gasteiger partial charge in [-0.25, -0.2) is 10.9 Å². The number of hydrogen-bond acceptors (Lipinski definition) is 5. The fourth-order valence-corrected chi connectivity index (χ4v) is 3.10. The highest BCUT2D eigenvalue weighted by Gasteiger charge is 2.32. The van der Waals surface area contributed by atoms with Crippen LogP contribution in [-0.2, 0) is 11.8 Å². The normalized spacial score (nSPS) is 21.6. The minimum atomic E-state index is -0.350. The highest BCUT2D eigenvalue weighted by atomic mass is 16.3. The average Bonchev–Trinajstić information content (AvgIpc) is 3.22. The van der Waals surface area contributed by atoms with E-state index in [0.29, 0.717) is 6.42 Å². The van der Waals surface area contributed by atoms with Crippen LogP contribution in [0.2, 0.25) is 0 Å². The summed E-state index contributed by atoms with van der Waals surface area (Å²) in [6.45, 7) is 2.03. The highest BCUT2D eigenvalue weighted by Crippen LogP contribution is 2.29. The Morgan fingerprint density at radius 2 is 2.21 bits per heavy atom. The number of aryl methyl sites for hydroxylation is 1. The summed E-state index contributed by atoms with van der Waals surface area (Å²) in [7, 11) is 1.87. The first-order chi connectivity index (χ1) is 11.6. The summed E-state index contributed by atoms with van der Waals surface area (Å²) in [5.74, 6) is 0.174. The van der Waals surface area contributed by atoms with Crippen molar-refractivity contribution in [2.75, 3.05) is 0 Å². The number of rotatable bonds is 5. The van der Waals surface area contributed by atoms with E-state index in [1.54, 1.807) is 23.0 Å². The molecule has 24 heavy (non-hydrogen) atoms. The number of aromatic hydroxyl groups is 1. The third-order valence-electron chi connectivity index (χ3n) is 4.47. The number of phenols is 1. The van der Waals surface area contributed by atoms with Gasteiger partial charge in [0.25, 0.3) is 0 Å². The van der Waals surface area contributed by atoms with E-state index in [9.17, 15) is 9.90 Å². The van der Waals surface area contributed by atoms with Gasteiger partial charge in [-0.2, -0.15) is 5.10 Å². The summed E-state index contributed by atoms with van der Waals surface area (Å²) in [5.41, 5.74) is 7.89. The third kappa shape index (κ3) is 3.27. The third-order valence-corrected chi connectivity index (χ3v) is 4.47. The first-order valence-electron chi connectivity index (χ1n) is 8.17. The lowest BCUT2D eigenvalue weighted by atomic mass is 10.0. The molecule has 0 bridgehead atoms. The number of carbonyl (C=O) groups excluding carboxylic acids is 1. The smallest absolute Gasteiger partial charge is 0.239 e. The van der Waals surface area contributed by atoms with Gasteiger partial charge in [-0.05, 0) is 25.0 Å². The van der Waals surface area contributed by atoms with Crippen LogP contribution >= 0.6 is 0 Å². The Morgan fingerprint density at radius 1 is 1.42 bits per heavy atom. The molecule has 0 radical (unpaired) electrons. The standard InChI is InChI=1S/C17H23N5O2/c1-3-12(15-8-9-18-22(15)2)19-17(24)14-10-13(20-21-14)11-6-4-5-7-16(11)23/h4-9,12-14,20-21,23H,3,10H2,1-2H3,(H,19,24). The SMILES string of the molecule is CCC(NC(=O)C1CC(c2ccccc2O)NN1)c1ccnn1C. The zero-order chi connectivity index (χ0) is 17.1. The van der Waals surface area contributed by atoms with E-state index < -0.39 is 0 Å². The zero-order valence-corrected chi connectivity index (χ0v) is 13.9. The number of nitrogens with one attached hydrogen (secondary N) is 3. The molecule has 1 aromatic carbocycles. The number of para-hydroxylation sites is 1. The minimum Gasteiger partial charge on any atom is -0.508 e. The molecule has 0 spiro atoms. The van der Waals surface area contributed by atoms with E-state index in [1.165, 1.54) is 0 Å². The van der Waals surface area contributed by atoms with Crippen LogP contribution in [0.1, 0.15) is 43.1 Å². The number of benzene rings is 1. The Labute approximate surface area is 141 Å². The van der Waals surface area contributed by atoms with Crippen LogP contribution in [0.15, 0.2) is 36.5 Å². The Bertz CT molecular complexity index is 715. The molecule has 1 saturated heterocycles. The largest absolute Gasteiger partial charge is 0.508 e. The second-order valence-electron chi connectivity index (χ2n) is 6.04. The molecular formula is C17H23N5O2. The van der Waals surface area contributed by atoms with Gasteiger partial charge >= 0.3 is 0 Å². The molecule has 3 unspecified atom stereocenters. The predicted octanol–water partition coefficient (Wildman–Crippen LogP) is 1.30. The summed E-state index contributed by atoms with van der Waals surface area (Å²) in [6, 6.07) is 8.57. The number of hydrogen-bond donors (Lipinski definition) is 4. The van der Waals surface area contributed by atoms with Gasteiger partial charge in [0.2, 0.25) is 5.91 Å². The number of phenolic OH excluding ortho intramolecular Hbond substituents is 1. The van der Waals surface area contributed by atoms with Crippen molar-refractivity contribution in [1.82, 2.24) is 25.9 Å². The van der Waals surface area contributed by atoms with Crippen molar-refractivity contribution in [3.63, 3.8) is 0 Å². The molecule has 1 aromatic heterocycles. The first-order valence-corrected chi connectivity index (χ1v) is 8.17. The maximum Gasteiger partial charge on any atom is 0.239 e. The van der Waals surface area contributed by atoms with Crippen LogP contribution in [0, 0.1) is 0 Å². The van der Waals surface area contributed by atoms with E-state index in [2.05, 4.69) is 21.3 Å². The summed E-state index contributed by atoms with van der Waals surface area (Å²) >= 11 is 0. The molecule has 3 rings (SSSR count). The molecule has 4 N–H and O–H groups in total. The van der Waals surface area contributed by atoms with Crippen molar-refractivity contribution < 1.29 is 9.90 Å². The molecular weight excluding hydrogens is 306 g/mol.